The van der Waals surface area contributed by atoms with Crippen LogP contribution in [0.5, 0.6) is 11.5 Å². The minimum Gasteiger partial charge on any atom is -0.493 e. The van der Waals surface area contributed by atoms with Gasteiger partial charge < -0.3 is 29.2 Å². The van der Waals surface area contributed by atoms with E-state index in [9.17, 15) is 5.26 Å². The molecule has 2 saturated heterocycles. The van der Waals surface area contributed by atoms with Crippen molar-refractivity contribution in [1.29, 1.82) is 5.26 Å². The quantitative estimate of drug-likeness (QED) is 0.565. The fourth-order valence-corrected chi connectivity index (χ4v) is 4.21. The summed E-state index contributed by atoms with van der Waals surface area (Å²) in [5.41, 5.74) is 3.11. The van der Waals surface area contributed by atoms with Gasteiger partial charge in [0.05, 0.1) is 43.8 Å². The molecule has 9 nitrogen and oxygen atoms in total. The summed E-state index contributed by atoms with van der Waals surface area (Å²) in [7, 11) is 1.61. The van der Waals surface area contributed by atoms with Crippen molar-refractivity contribution in [2.24, 2.45) is 0 Å². The molecule has 0 radical (unpaired) electrons. The van der Waals surface area contributed by atoms with Crippen molar-refractivity contribution in [3.63, 3.8) is 0 Å². The number of nitriles is 1. The predicted octanol–water partition coefficient (Wildman–Crippen LogP) is 3.65. The third-order valence-electron chi connectivity index (χ3n) is 6.04. The summed E-state index contributed by atoms with van der Waals surface area (Å²) in [5, 5.41) is 13.3. The molecule has 0 aliphatic carbocycles. The molecule has 3 aromatic rings. The molecule has 5 rings (SSSR count). The molecule has 2 aliphatic rings. The fraction of sp³-hybridized carbons (Fsp3) is 0.400. The Balaban J connectivity index is 1.39. The van der Waals surface area contributed by atoms with Gasteiger partial charge in [0.1, 0.15) is 29.6 Å². The van der Waals surface area contributed by atoms with Crippen molar-refractivity contribution in [3.8, 4) is 17.6 Å². The lowest BCUT2D eigenvalue weighted by atomic mass is 10.1. The van der Waals surface area contributed by atoms with E-state index < -0.39 is 0 Å². The van der Waals surface area contributed by atoms with Gasteiger partial charge in [0.15, 0.2) is 11.5 Å². The van der Waals surface area contributed by atoms with Gasteiger partial charge in [0, 0.05) is 31.5 Å². The van der Waals surface area contributed by atoms with Crippen molar-refractivity contribution >= 4 is 28.2 Å². The third-order valence-corrected chi connectivity index (χ3v) is 6.04. The van der Waals surface area contributed by atoms with Gasteiger partial charge in [-0.15, -0.1) is 0 Å². The van der Waals surface area contributed by atoms with Crippen LogP contribution in [0.2, 0.25) is 0 Å². The average Bonchev–Trinajstić information content (AvgIpc) is 3.41. The Kier molecular flexibility index (Phi) is 6.60. The number of nitrogens with one attached hydrogen (secondary N) is 1. The molecule has 1 atom stereocenters. The lowest BCUT2D eigenvalue weighted by Crippen LogP contribution is -2.36. The first kappa shape index (κ1) is 22.2. The first-order valence-corrected chi connectivity index (χ1v) is 11.5. The van der Waals surface area contributed by atoms with Gasteiger partial charge in [-0.3, -0.25) is 4.98 Å². The molecule has 1 unspecified atom stereocenters. The van der Waals surface area contributed by atoms with Crippen LogP contribution in [0, 0.1) is 11.3 Å². The standard InChI is InChI=1S/C25H27N5O4/c1-31-23-13-17(4-7-22(23)34-16-18-3-2-10-33-18)28-20-5-6-21-25(19(20)14-26)29-24(15-27-21)30-8-11-32-12-9-30/h4-7,13,15,18,28H,2-3,8-12,16H2,1H3. The summed E-state index contributed by atoms with van der Waals surface area (Å²) in [6, 6.07) is 11.6. The van der Waals surface area contributed by atoms with Gasteiger partial charge in [-0.05, 0) is 37.1 Å². The Morgan fingerprint density at radius 2 is 2.06 bits per heavy atom. The van der Waals surface area contributed by atoms with Crippen LogP contribution in [0.25, 0.3) is 11.0 Å². The number of hydrogen-bond acceptors (Lipinski definition) is 9. The highest BCUT2D eigenvalue weighted by Gasteiger charge is 2.18. The van der Waals surface area contributed by atoms with Crippen LogP contribution in [-0.2, 0) is 9.47 Å². The number of aromatic nitrogens is 2. The highest BCUT2D eigenvalue weighted by atomic mass is 16.5. The van der Waals surface area contributed by atoms with E-state index in [1.54, 1.807) is 13.3 Å². The van der Waals surface area contributed by atoms with Crippen molar-refractivity contribution in [2.75, 3.05) is 56.8 Å². The molecule has 0 bridgehead atoms. The molecule has 34 heavy (non-hydrogen) atoms. The largest absolute Gasteiger partial charge is 0.493 e. The normalized spacial score (nSPS) is 18.0. The first-order valence-electron chi connectivity index (χ1n) is 11.5. The second kappa shape index (κ2) is 10.1. The van der Waals surface area contributed by atoms with E-state index in [1.807, 2.05) is 30.3 Å². The monoisotopic (exact) mass is 461 g/mol. The van der Waals surface area contributed by atoms with Gasteiger partial charge >= 0.3 is 0 Å². The number of nitrogens with zero attached hydrogens (tertiary/aromatic N) is 4. The summed E-state index contributed by atoms with van der Waals surface area (Å²) in [4.78, 5) is 11.4. The van der Waals surface area contributed by atoms with Gasteiger partial charge in [-0.2, -0.15) is 5.26 Å². The molecule has 2 aliphatic heterocycles. The van der Waals surface area contributed by atoms with Crippen LogP contribution in [0.1, 0.15) is 18.4 Å². The Hall–Kier alpha value is -3.61. The second-order valence-electron chi connectivity index (χ2n) is 8.23. The smallest absolute Gasteiger partial charge is 0.162 e. The molecule has 9 heteroatoms. The SMILES string of the molecule is COc1cc(Nc2ccc3ncc(N4CCOCC4)nc3c2C#N)ccc1OCC1CCCO1. The number of hydrogen-bond donors (Lipinski definition) is 1. The zero-order chi connectivity index (χ0) is 23.3. The number of morpholine rings is 1. The van der Waals surface area contributed by atoms with Crippen molar-refractivity contribution < 1.29 is 18.9 Å². The maximum atomic E-state index is 9.97. The first-order chi connectivity index (χ1) is 16.7. The minimum atomic E-state index is 0.127. The van der Waals surface area contributed by atoms with E-state index in [4.69, 9.17) is 23.9 Å². The van der Waals surface area contributed by atoms with E-state index in [2.05, 4.69) is 21.3 Å². The Bertz CT molecular complexity index is 1200. The van der Waals surface area contributed by atoms with Crippen LogP contribution in [0.3, 0.4) is 0 Å². The maximum Gasteiger partial charge on any atom is 0.162 e. The number of anilines is 3. The molecule has 3 heterocycles. The Labute approximate surface area is 198 Å². The van der Waals surface area contributed by atoms with E-state index in [0.717, 1.165) is 44.0 Å². The Morgan fingerprint density at radius 1 is 1.18 bits per heavy atom. The minimum absolute atomic E-state index is 0.127. The van der Waals surface area contributed by atoms with E-state index in [0.29, 0.717) is 53.6 Å². The fourth-order valence-electron chi connectivity index (χ4n) is 4.21. The Morgan fingerprint density at radius 3 is 2.82 bits per heavy atom. The molecule has 1 N–H and O–H groups in total. The number of ether oxygens (including phenoxy) is 4. The second-order valence-corrected chi connectivity index (χ2v) is 8.23. The number of methoxy groups -OCH3 is 1. The summed E-state index contributed by atoms with van der Waals surface area (Å²) in [6.45, 7) is 4.10. The van der Waals surface area contributed by atoms with Gasteiger partial charge in [-0.25, -0.2) is 4.98 Å². The molecule has 0 saturated carbocycles. The molecule has 0 spiro atoms. The summed E-state index contributed by atoms with van der Waals surface area (Å²) >= 11 is 0. The predicted molar refractivity (Wildman–Crippen MR) is 128 cm³/mol. The lowest BCUT2D eigenvalue weighted by molar-refractivity contribution is 0.0670. The highest BCUT2D eigenvalue weighted by Crippen LogP contribution is 2.34. The number of benzene rings is 2. The van der Waals surface area contributed by atoms with Gasteiger partial charge in [-0.1, -0.05) is 0 Å². The summed E-state index contributed by atoms with van der Waals surface area (Å²) < 4.78 is 22.5. The van der Waals surface area contributed by atoms with Crippen molar-refractivity contribution in [2.45, 2.75) is 18.9 Å². The van der Waals surface area contributed by atoms with Gasteiger partial charge in [0.25, 0.3) is 0 Å². The maximum absolute atomic E-state index is 9.97. The molecule has 2 aromatic carbocycles. The van der Waals surface area contributed by atoms with Crippen LogP contribution in [0.4, 0.5) is 17.2 Å². The van der Waals surface area contributed by atoms with Crippen LogP contribution >= 0.6 is 0 Å². The number of rotatable bonds is 7. The van der Waals surface area contributed by atoms with E-state index in [1.165, 1.54) is 0 Å². The zero-order valence-corrected chi connectivity index (χ0v) is 19.1. The molecular formula is C25H27N5O4. The van der Waals surface area contributed by atoms with Crippen molar-refractivity contribution in [3.05, 3.63) is 42.1 Å². The van der Waals surface area contributed by atoms with Gasteiger partial charge in [0.2, 0.25) is 0 Å². The van der Waals surface area contributed by atoms with E-state index >= 15 is 0 Å². The average molecular weight is 462 g/mol. The van der Waals surface area contributed by atoms with Crippen LogP contribution in [0.15, 0.2) is 36.5 Å². The molecule has 0 amide bonds. The molecule has 2 fully saturated rings. The van der Waals surface area contributed by atoms with Crippen molar-refractivity contribution in [1.82, 2.24) is 9.97 Å². The van der Waals surface area contributed by atoms with Crippen LogP contribution < -0.4 is 19.7 Å². The lowest BCUT2D eigenvalue weighted by Gasteiger charge is -2.27. The highest BCUT2D eigenvalue weighted by molar-refractivity contribution is 5.89. The summed E-state index contributed by atoms with van der Waals surface area (Å²) in [6.07, 6.45) is 3.96. The molecular weight excluding hydrogens is 434 g/mol. The third kappa shape index (κ3) is 4.69. The molecule has 176 valence electrons. The number of fused-ring (bicyclic) bond motifs is 1. The zero-order valence-electron chi connectivity index (χ0n) is 19.1. The molecule has 1 aromatic heterocycles. The van der Waals surface area contributed by atoms with Crippen LogP contribution in [-0.4, -0.2) is 62.7 Å². The van der Waals surface area contributed by atoms with E-state index in [-0.39, 0.29) is 6.10 Å². The topological polar surface area (TPSA) is 102 Å². The summed E-state index contributed by atoms with van der Waals surface area (Å²) in [5.74, 6) is 2.01.